The predicted molar refractivity (Wildman–Crippen MR) is 119 cm³/mol. The molecule has 0 saturated carbocycles. The number of carbonyl (C=O) groups excluding carboxylic acids is 2. The highest BCUT2D eigenvalue weighted by Gasteiger charge is 2.32. The van der Waals surface area contributed by atoms with Crippen molar-refractivity contribution in [1.29, 1.82) is 0 Å². The summed E-state index contributed by atoms with van der Waals surface area (Å²) in [6, 6.07) is 11.7. The van der Waals surface area contributed by atoms with Gasteiger partial charge >= 0.3 is 0 Å². The number of benzene rings is 2. The zero-order chi connectivity index (χ0) is 22.6. The van der Waals surface area contributed by atoms with Crippen molar-refractivity contribution in [3.05, 3.63) is 48.0 Å². The van der Waals surface area contributed by atoms with E-state index in [4.69, 9.17) is 4.74 Å². The number of rotatable bonds is 6. The third-order valence-corrected chi connectivity index (χ3v) is 7.18. The Hall–Kier alpha value is -2.91. The van der Waals surface area contributed by atoms with E-state index < -0.39 is 10.0 Å². The summed E-state index contributed by atoms with van der Waals surface area (Å²) in [6.45, 7) is 3.83. The molecule has 1 aliphatic rings. The summed E-state index contributed by atoms with van der Waals surface area (Å²) < 4.78 is 32.3. The Morgan fingerprint density at radius 1 is 1.00 bits per heavy atom. The van der Waals surface area contributed by atoms with Crippen molar-refractivity contribution in [2.75, 3.05) is 30.8 Å². The summed E-state index contributed by atoms with van der Waals surface area (Å²) in [5.74, 6) is -0.132. The smallest absolute Gasteiger partial charge is 0.243 e. The van der Waals surface area contributed by atoms with E-state index in [0.29, 0.717) is 30.0 Å². The van der Waals surface area contributed by atoms with Gasteiger partial charge in [-0.05, 0) is 61.7 Å². The van der Waals surface area contributed by atoms with Crippen LogP contribution in [0.1, 0.15) is 25.3 Å². The molecule has 1 heterocycles. The van der Waals surface area contributed by atoms with Crippen LogP contribution in [0.5, 0.6) is 5.75 Å². The predicted octanol–water partition coefficient (Wildman–Crippen LogP) is 3.00. The van der Waals surface area contributed by atoms with Crippen LogP contribution < -0.4 is 15.4 Å². The van der Waals surface area contributed by atoms with Crippen molar-refractivity contribution in [2.24, 2.45) is 5.92 Å². The number of anilines is 2. The number of piperidine rings is 1. The second kappa shape index (κ2) is 9.49. The molecule has 8 nitrogen and oxygen atoms in total. The lowest BCUT2D eigenvalue weighted by atomic mass is 9.97. The van der Waals surface area contributed by atoms with Crippen molar-refractivity contribution < 1.29 is 22.7 Å². The highest BCUT2D eigenvalue weighted by atomic mass is 32.2. The highest BCUT2D eigenvalue weighted by Crippen LogP contribution is 2.28. The van der Waals surface area contributed by atoms with E-state index in [1.54, 1.807) is 24.3 Å². The molecule has 1 aliphatic heterocycles. The largest absolute Gasteiger partial charge is 0.497 e. The van der Waals surface area contributed by atoms with Crippen LogP contribution in [-0.4, -0.2) is 44.7 Å². The molecular weight excluding hydrogens is 418 g/mol. The third-order valence-electron chi connectivity index (χ3n) is 5.27. The number of sulfonamides is 1. The summed E-state index contributed by atoms with van der Waals surface area (Å²) in [4.78, 5) is 24.4. The monoisotopic (exact) mass is 445 g/mol. The molecule has 2 N–H and O–H groups in total. The Balaban J connectivity index is 1.65. The summed E-state index contributed by atoms with van der Waals surface area (Å²) in [6.07, 6.45) is 0.838. The van der Waals surface area contributed by atoms with E-state index in [0.717, 1.165) is 5.56 Å². The Labute approximate surface area is 182 Å². The van der Waals surface area contributed by atoms with Crippen LogP contribution in [-0.2, 0) is 19.6 Å². The quantitative estimate of drug-likeness (QED) is 0.711. The number of methoxy groups -OCH3 is 1. The summed E-state index contributed by atoms with van der Waals surface area (Å²) in [5.41, 5.74) is 2.02. The topological polar surface area (TPSA) is 105 Å². The van der Waals surface area contributed by atoms with Gasteiger partial charge in [0, 0.05) is 25.9 Å². The van der Waals surface area contributed by atoms with Crippen LogP contribution in [0.2, 0.25) is 0 Å². The number of ether oxygens (including phenoxy) is 1. The lowest BCUT2D eigenvalue weighted by Gasteiger charge is -2.30. The number of aryl methyl sites for hydroxylation is 1. The van der Waals surface area contributed by atoms with Gasteiger partial charge < -0.3 is 15.4 Å². The van der Waals surface area contributed by atoms with E-state index >= 15 is 0 Å². The first kappa shape index (κ1) is 22.8. The second-order valence-corrected chi connectivity index (χ2v) is 9.51. The molecule has 0 bridgehead atoms. The van der Waals surface area contributed by atoms with Gasteiger partial charge in [0.05, 0.1) is 23.4 Å². The fourth-order valence-electron chi connectivity index (χ4n) is 3.55. The minimum absolute atomic E-state index is 0.182. The van der Waals surface area contributed by atoms with Crippen molar-refractivity contribution in [3.63, 3.8) is 0 Å². The van der Waals surface area contributed by atoms with E-state index in [1.165, 1.54) is 30.5 Å². The molecule has 2 amide bonds. The number of nitrogens with one attached hydrogen (secondary N) is 2. The number of hydrogen-bond donors (Lipinski definition) is 2. The molecule has 166 valence electrons. The maximum Gasteiger partial charge on any atom is 0.243 e. The Bertz CT molecular complexity index is 1060. The van der Waals surface area contributed by atoms with E-state index in [-0.39, 0.29) is 35.7 Å². The van der Waals surface area contributed by atoms with Crippen LogP contribution in [0, 0.1) is 12.8 Å². The maximum atomic E-state index is 12.9. The first-order valence-electron chi connectivity index (χ1n) is 10.0. The van der Waals surface area contributed by atoms with Crippen molar-refractivity contribution >= 4 is 33.2 Å². The number of carbonyl (C=O) groups is 2. The Morgan fingerprint density at radius 3 is 2.23 bits per heavy atom. The van der Waals surface area contributed by atoms with E-state index in [9.17, 15) is 18.0 Å². The zero-order valence-electron chi connectivity index (χ0n) is 17.8. The lowest BCUT2D eigenvalue weighted by Crippen LogP contribution is -2.41. The van der Waals surface area contributed by atoms with Gasteiger partial charge in [-0.25, -0.2) is 8.42 Å². The van der Waals surface area contributed by atoms with E-state index in [2.05, 4.69) is 10.6 Å². The maximum absolute atomic E-state index is 12.9. The van der Waals surface area contributed by atoms with Gasteiger partial charge in [0.1, 0.15) is 5.75 Å². The van der Waals surface area contributed by atoms with Gasteiger partial charge in [-0.15, -0.1) is 0 Å². The normalized spacial score (nSPS) is 15.3. The minimum atomic E-state index is -3.62. The Morgan fingerprint density at radius 2 is 1.65 bits per heavy atom. The summed E-state index contributed by atoms with van der Waals surface area (Å²) in [5, 5.41) is 5.60. The lowest BCUT2D eigenvalue weighted by molar-refractivity contribution is -0.121. The second-order valence-electron chi connectivity index (χ2n) is 7.57. The molecule has 0 spiro atoms. The molecule has 0 aromatic heterocycles. The van der Waals surface area contributed by atoms with Gasteiger partial charge in [-0.3, -0.25) is 9.59 Å². The fraction of sp³-hybridized carbons (Fsp3) is 0.364. The zero-order valence-corrected chi connectivity index (χ0v) is 18.7. The molecule has 0 radical (unpaired) electrons. The van der Waals surface area contributed by atoms with Gasteiger partial charge in [-0.2, -0.15) is 4.31 Å². The van der Waals surface area contributed by atoms with Crippen LogP contribution in [0.4, 0.5) is 11.4 Å². The first-order chi connectivity index (χ1) is 14.7. The average molecular weight is 446 g/mol. The van der Waals surface area contributed by atoms with Crippen molar-refractivity contribution in [1.82, 2.24) is 4.31 Å². The van der Waals surface area contributed by atoms with Gasteiger partial charge in [0.25, 0.3) is 0 Å². The Kier molecular flexibility index (Phi) is 6.97. The summed E-state index contributed by atoms with van der Waals surface area (Å²) >= 11 is 0. The molecule has 9 heteroatoms. The standard InChI is InChI=1S/C22H27N3O5S/c1-15-4-9-20(23-16(2)26)21(14-15)24-22(27)17-10-12-25(13-11-17)31(28,29)19-7-5-18(30-3)6-8-19/h4-9,14,17H,10-13H2,1-3H3,(H,23,26)(H,24,27). The molecule has 1 saturated heterocycles. The molecule has 3 rings (SSSR count). The van der Waals surface area contributed by atoms with Crippen LogP contribution in [0.3, 0.4) is 0 Å². The molecule has 2 aromatic carbocycles. The first-order valence-corrected chi connectivity index (χ1v) is 11.5. The average Bonchev–Trinajstić information content (AvgIpc) is 2.75. The summed E-state index contributed by atoms with van der Waals surface area (Å²) in [7, 11) is -2.10. The number of nitrogens with zero attached hydrogens (tertiary/aromatic N) is 1. The molecule has 2 aromatic rings. The molecule has 31 heavy (non-hydrogen) atoms. The molecule has 0 unspecified atom stereocenters. The molecule has 0 atom stereocenters. The highest BCUT2D eigenvalue weighted by molar-refractivity contribution is 7.89. The van der Waals surface area contributed by atoms with Gasteiger partial charge in [0.2, 0.25) is 21.8 Å². The van der Waals surface area contributed by atoms with E-state index in [1.807, 2.05) is 13.0 Å². The van der Waals surface area contributed by atoms with Crippen molar-refractivity contribution in [3.8, 4) is 5.75 Å². The molecular formula is C22H27N3O5S. The van der Waals surface area contributed by atoms with Crippen molar-refractivity contribution in [2.45, 2.75) is 31.6 Å². The van der Waals surface area contributed by atoms with Gasteiger partial charge in [-0.1, -0.05) is 6.07 Å². The van der Waals surface area contributed by atoms with Crippen LogP contribution >= 0.6 is 0 Å². The van der Waals surface area contributed by atoms with Gasteiger partial charge in [0.15, 0.2) is 0 Å². The molecule has 0 aliphatic carbocycles. The molecule has 1 fully saturated rings. The SMILES string of the molecule is COc1ccc(S(=O)(=O)N2CCC(C(=O)Nc3cc(C)ccc3NC(C)=O)CC2)cc1. The van der Waals surface area contributed by atoms with Crippen LogP contribution in [0.25, 0.3) is 0 Å². The third kappa shape index (κ3) is 5.42. The fourth-order valence-corrected chi connectivity index (χ4v) is 5.02. The number of hydrogen-bond acceptors (Lipinski definition) is 5. The van der Waals surface area contributed by atoms with Crippen LogP contribution in [0.15, 0.2) is 47.4 Å². The minimum Gasteiger partial charge on any atom is -0.497 e. The number of amides is 2.